The van der Waals surface area contributed by atoms with Crippen LogP contribution in [0.2, 0.25) is 0 Å². The van der Waals surface area contributed by atoms with Gasteiger partial charge in [-0.1, -0.05) is 143 Å². The van der Waals surface area contributed by atoms with E-state index in [1.54, 1.807) is 0 Å². The third-order valence-corrected chi connectivity index (χ3v) is 5.55. The minimum absolute atomic E-state index is 0.365. The summed E-state index contributed by atoms with van der Waals surface area (Å²) < 4.78 is 0. The molecule has 0 unspecified atom stereocenters. The van der Waals surface area contributed by atoms with Crippen LogP contribution >= 0.6 is 0 Å². The quantitative estimate of drug-likeness (QED) is 0.114. The van der Waals surface area contributed by atoms with Crippen LogP contribution in [0.1, 0.15) is 169 Å². The molecule has 212 valence electrons. The molecular formula is C30H68O4. The molecule has 4 heteroatoms. The van der Waals surface area contributed by atoms with Gasteiger partial charge in [-0.25, -0.2) is 0 Å². The van der Waals surface area contributed by atoms with Crippen molar-refractivity contribution in [1.29, 1.82) is 0 Å². The Hall–Kier alpha value is -0.160. The Morgan fingerprint density at radius 2 is 0.382 bits per heavy atom. The Morgan fingerprint density at radius 1 is 0.235 bits per heavy atom. The smallest absolute Gasteiger partial charge is 0.0431 e. The average Bonchev–Trinajstić information content (AvgIpc) is 2.86. The van der Waals surface area contributed by atoms with Gasteiger partial charge in [-0.3, -0.25) is 0 Å². The molecule has 0 heterocycles. The Kier molecular flexibility index (Phi) is 60.1. The molecule has 0 saturated heterocycles. The molecule has 34 heavy (non-hydrogen) atoms. The van der Waals surface area contributed by atoms with Gasteiger partial charge < -0.3 is 20.4 Å². The zero-order valence-corrected chi connectivity index (χ0v) is 24.2. The van der Waals surface area contributed by atoms with Gasteiger partial charge >= 0.3 is 0 Å². The number of rotatable bonds is 22. The molecule has 0 aromatic rings. The summed E-state index contributed by atoms with van der Waals surface area (Å²) in [4.78, 5) is 0. The molecule has 0 rings (SSSR count). The van der Waals surface area contributed by atoms with Crippen molar-refractivity contribution in [3.05, 3.63) is 0 Å². The molecule has 0 spiro atoms. The zero-order valence-electron chi connectivity index (χ0n) is 24.2. The van der Waals surface area contributed by atoms with E-state index >= 15 is 0 Å². The maximum absolute atomic E-state index is 8.42. The lowest BCUT2D eigenvalue weighted by Crippen LogP contribution is -1.82. The molecule has 4 nitrogen and oxygen atoms in total. The molecule has 0 aliphatic carbocycles. The SMILES string of the molecule is CCCCCCCCO.CCCCCCCCO.CCCCCCCO.CCCCCCCO. The average molecular weight is 493 g/mol. The summed E-state index contributed by atoms with van der Waals surface area (Å²) >= 11 is 0. The van der Waals surface area contributed by atoms with E-state index in [-0.39, 0.29) is 0 Å². The van der Waals surface area contributed by atoms with Crippen LogP contribution in [0.4, 0.5) is 0 Å². The first-order valence-corrected chi connectivity index (χ1v) is 15.1. The predicted molar refractivity (Wildman–Crippen MR) is 153 cm³/mol. The van der Waals surface area contributed by atoms with E-state index in [9.17, 15) is 0 Å². The van der Waals surface area contributed by atoms with Gasteiger partial charge in [0.15, 0.2) is 0 Å². The highest BCUT2D eigenvalue weighted by Gasteiger charge is 1.87. The third-order valence-electron chi connectivity index (χ3n) is 5.55. The lowest BCUT2D eigenvalue weighted by atomic mass is 10.1. The maximum atomic E-state index is 8.42. The normalized spacial score (nSPS) is 9.88. The van der Waals surface area contributed by atoms with Crippen molar-refractivity contribution in [3.63, 3.8) is 0 Å². The van der Waals surface area contributed by atoms with Crippen molar-refractivity contribution in [2.45, 2.75) is 169 Å². The van der Waals surface area contributed by atoms with Gasteiger partial charge in [0, 0.05) is 26.4 Å². The van der Waals surface area contributed by atoms with E-state index in [1.165, 1.54) is 116 Å². The Balaban J connectivity index is -0.000000177. The van der Waals surface area contributed by atoms with Crippen LogP contribution in [0.5, 0.6) is 0 Å². The minimum Gasteiger partial charge on any atom is -0.396 e. The van der Waals surface area contributed by atoms with Crippen LogP contribution in [0, 0.1) is 0 Å². The van der Waals surface area contributed by atoms with Crippen LogP contribution in [0.3, 0.4) is 0 Å². The highest BCUT2D eigenvalue weighted by Crippen LogP contribution is 2.04. The Bertz CT molecular complexity index is 212. The second-order valence-electron chi connectivity index (χ2n) is 9.26. The zero-order chi connectivity index (χ0) is 26.4. The first kappa shape index (κ1) is 41.0. The molecule has 0 aliphatic heterocycles. The van der Waals surface area contributed by atoms with Gasteiger partial charge in [0.05, 0.1) is 0 Å². The summed E-state index contributed by atoms with van der Waals surface area (Å²) in [5, 5.41) is 33.6. The van der Waals surface area contributed by atoms with Gasteiger partial charge in [0.2, 0.25) is 0 Å². The fourth-order valence-electron chi connectivity index (χ4n) is 3.21. The van der Waals surface area contributed by atoms with Gasteiger partial charge in [-0.15, -0.1) is 0 Å². The molecule has 0 aliphatic rings. The molecule has 0 saturated carbocycles. The van der Waals surface area contributed by atoms with Gasteiger partial charge in [0.25, 0.3) is 0 Å². The van der Waals surface area contributed by atoms with E-state index in [4.69, 9.17) is 20.4 Å². The lowest BCUT2D eigenvalue weighted by Gasteiger charge is -1.95. The van der Waals surface area contributed by atoms with Crippen LogP contribution in [0.25, 0.3) is 0 Å². The lowest BCUT2D eigenvalue weighted by molar-refractivity contribution is 0.282. The predicted octanol–water partition coefficient (Wildman–Crippen LogP) is 8.58. The number of aliphatic hydroxyl groups excluding tert-OH is 4. The van der Waals surface area contributed by atoms with Crippen molar-refractivity contribution in [2.75, 3.05) is 26.4 Å². The molecule has 0 bridgehead atoms. The topological polar surface area (TPSA) is 80.9 Å². The number of unbranched alkanes of at least 4 members (excludes halogenated alkanes) is 18. The second kappa shape index (κ2) is 49.9. The number of hydrogen-bond donors (Lipinski definition) is 4. The minimum atomic E-state index is 0.365. The molecule has 0 fully saturated rings. The highest BCUT2D eigenvalue weighted by molar-refractivity contribution is 4.42. The van der Waals surface area contributed by atoms with E-state index < -0.39 is 0 Å². The maximum Gasteiger partial charge on any atom is 0.0431 e. The standard InChI is InChI=1S/2C8H18O.2C7H16O/c2*1-2-3-4-5-6-7-8-9;2*1-2-3-4-5-6-7-8/h2*9H,2-8H2,1H3;2*8H,2-7H2,1H3. The monoisotopic (exact) mass is 493 g/mol. The molecule has 0 atom stereocenters. The second-order valence-corrected chi connectivity index (χ2v) is 9.26. The van der Waals surface area contributed by atoms with E-state index in [0.29, 0.717) is 26.4 Å². The fraction of sp³-hybridized carbons (Fsp3) is 1.00. The first-order valence-electron chi connectivity index (χ1n) is 15.1. The van der Waals surface area contributed by atoms with Crippen molar-refractivity contribution in [1.82, 2.24) is 0 Å². The van der Waals surface area contributed by atoms with Gasteiger partial charge in [-0.05, 0) is 25.7 Å². The summed E-state index contributed by atoms with van der Waals surface area (Å²) in [6, 6.07) is 0. The van der Waals surface area contributed by atoms with Crippen molar-refractivity contribution in [2.24, 2.45) is 0 Å². The molecule has 0 aromatic carbocycles. The van der Waals surface area contributed by atoms with Crippen molar-refractivity contribution in [3.8, 4) is 0 Å². The molecule has 0 aromatic heterocycles. The van der Waals surface area contributed by atoms with Crippen molar-refractivity contribution >= 4 is 0 Å². The summed E-state index contributed by atoms with van der Waals surface area (Å²) in [6.45, 7) is 10.3. The number of hydrogen-bond acceptors (Lipinski definition) is 4. The van der Waals surface area contributed by atoms with E-state index in [0.717, 1.165) is 25.7 Å². The molecule has 4 N–H and O–H groups in total. The van der Waals surface area contributed by atoms with Gasteiger partial charge in [0.1, 0.15) is 0 Å². The summed E-state index contributed by atoms with van der Waals surface area (Å²) in [5.41, 5.74) is 0. The first-order chi connectivity index (χ1) is 16.7. The number of aliphatic hydroxyl groups is 4. The Labute approximate surface area is 216 Å². The van der Waals surface area contributed by atoms with Crippen molar-refractivity contribution < 1.29 is 20.4 Å². The van der Waals surface area contributed by atoms with Crippen LogP contribution < -0.4 is 0 Å². The highest BCUT2D eigenvalue weighted by atomic mass is 16.3. The summed E-state index contributed by atoms with van der Waals surface area (Å²) in [7, 11) is 0. The van der Waals surface area contributed by atoms with Crippen LogP contribution in [0.15, 0.2) is 0 Å². The van der Waals surface area contributed by atoms with Gasteiger partial charge in [-0.2, -0.15) is 0 Å². The molecule has 0 amide bonds. The van der Waals surface area contributed by atoms with E-state index in [2.05, 4.69) is 27.7 Å². The van der Waals surface area contributed by atoms with E-state index in [1.807, 2.05) is 0 Å². The summed E-state index contributed by atoms with van der Waals surface area (Å²) in [5.74, 6) is 0. The van der Waals surface area contributed by atoms with Crippen LogP contribution in [-0.4, -0.2) is 46.9 Å². The summed E-state index contributed by atoms with van der Waals surface area (Å²) in [6.07, 6.45) is 27.1. The molecular weight excluding hydrogens is 424 g/mol. The Morgan fingerprint density at radius 3 is 0.529 bits per heavy atom. The molecule has 0 radical (unpaired) electrons. The largest absolute Gasteiger partial charge is 0.396 e. The third kappa shape index (κ3) is 63.5. The van der Waals surface area contributed by atoms with Crippen LogP contribution in [-0.2, 0) is 0 Å². The fourth-order valence-corrected chi connectivity index (χ4v) is 3.21.